The lowest BCUT2D eigenvalue weighted by Gasteiger charge is -2.26. The summed E-state index contributed by atoms with van der Waals surface area (Å²) in [6.07, 6.45) is 9.28. The van der Waals surface area contributed by atoms with Crippen molar-refractivity contribution in [2.24, 2.45) is 0 Å². The van der Waals surface area contributed by atoms with Crippen LogP contribution in [0.5, 0.6) is 0 Å². The Morgan fingerprint density at radius 2 is 1.96 bits per heavy atom. The first-order chi connectivity index (χ1) is 12.3. The minimum atomic E-state index is -0.818. The highest BCUT2D eigenvalue weighted by molar-refractivity contribution is 5.88. The number of hydrogen-bond donors (Lipinski definition) is 2. The van der Waals surface area contributed by atoms with E-state index in [0.29, 0.717) is 12.1 Å². The van der Waals surface area contributed by atoms with E-state index in [4.69, 9.17) is 0 Å². The number of allylic oxidation sites excluding steroid dienone is 1. The molecule has 25 heavy (non-hydrogen) atoms. The predicted molar refractivity (Wildman–Crippen MR) is 99.2 cm³/mol. The lowest BCUT2D eigenvalue weighted by Crippen LogP contribution is -2.30. The van der Waals surface area contributed by atoms with E-state index in [9.17, 15) is 9.90 Å². The number of nitrogens with zero attached hydrogens (tertiary/aromatic N) is 1. The van der Waals surface area contributed by atoms with Crippen LogP contribution in [0.25, 0.3) is 6.08 Å². The molecule has 4 nitrogen and oxygen atoms in total. The molecule has 0 amide bonds. The number of aromatic nitrogens is 1. The van der Waals surface area contributed by atoms with Crippen molar-refractivity contribution in [2.45, 2.75) is 18.8 Å². The molecule has 0 radical (unpaired) electrons. The standard InChI is InChI=1S/C21H22N2O2/c24-21(25)20-15-23-14-11-19(20)18(17-6-2-1-3-7-17)8-4-5-16-9-12-22-13-10-16/h1-7,9-10,12-13,18,23H,8,11,14-15H2,(H,24,25). The molecular formula is C21H22N2O2. The van der Waals surface area contributed by atoms with Crippen molar-refractivity contribution in [1.82, 2.24) is 10.3 Å². The average molecular weight is 334 g/mol. The summed E-state index contributed by atoms with van der Waals surface area (Å²) < 4.78 is 0. The van der Waals surface area contributed by atoms with E-state index >= 15 is 0 Å². The van der Waals surface area contributed by atoms with Crippen LogP contribution in [0.15, 0.2) is 72.1 Å². The molecule has 1 aliphatic rings. The lowest BCUT2D eigenvalue weighted by molar-refractivity contribution is -0.132. The van der Waals surface area contributed by atoms with Crippen molar-refractivity contribution >= 4 is 12.0 Å². The predicted octanol–water partition coefficient (Wildman–Crippen LogP) is 3.64. The normalized spacial score (nSPS) is 16.2. The van der Waals surface area contributed by atoms with E-state index in [0.717, 1.165) is 36.1 Å². The zero-order chi connectivity index (χ0) is 17.5. The first kappa shape index (κ1) is 17.1. The van der Waals surface area contributed by atoms with Gasteiger partial charge >= 0.3 is 5.97 Å². The van der Waals surface area contributed by atoms with E-state index in [1.807, 2.05) is 30.3 Å². The molecule has 0 spiro atoms. The fraction of sp³-hybridized carbons (Fsp3) is 0.238. The Balaban J connectivity index is 1.90. The molecule has 1 aromatic heterocycles. The number of nitrogens with one attached hydrogen (secondary N) is 1. The number of aliphatic carboxylic acids is 1. The second kappa shape index (κ2) is 8.40. The molecule has 0 bridgehead atoms. The summed E-state index contributed by atoms with van der Waals surface area (Å²) >= 11 is 0. The maximum absolute atomic E-state index is 11.7. The van der Waals surface area contributed by atoms with E-state index in [-0.39, 0.29) is 5.92 Å². The van der Waals surface area contributed by atoms with Crippen LogP contribution in [0.2, 0.25) is 0 Å². The molecule has 4 heteroatoms. The molecule has 0 aliphatic carbocycles. The van der Waals surface area contributed by atoms with Crippen molar-refractivity contribution in [3.8, 4) is 0 Å². The summed E-state index contributed by atoms with van der Waals surface area (Å²) in [6, 6.07) is 14.1. The number of carboxylic acid groups (broad SMARTS) is 1. The molecular weight excluding hydrogens is 312 g/mol. The van der Waals surface area contributed by atoms with Gasteiger partial charge in [0.25, 0.3) is 0 Å². The Kier molecular flexibility index (Phi) is 5.75. The van der Waals surface area contributed by atoms with Gasteiger partial charge in [-0.15, -0.1) is 0 Å². The van der Waals surface area contributed by atoms with Crippen LogP contribution in [0.3, 0.4) is 0 Å². The zero-order valence-corrected chi connectivity index (χ0v) is 14.1. The van der Waals surface area contributed by atoms with Gasteiger partial charge in [-0.25, -0.2) is 4.79 Å². The summed E-state index contributed by atoms with van der Waals surface area (Å²) in [5, 5.41) is 12.8. The van der Waals surface area contributed by atoms with Gasteiger partial charge in [-0.3, -0.25) is 4.98 Å². The highest BCUT2D eigenvalue weighted by Gasteiger charge is 2.25. The number of benzene rings is 1. The van der Waals surface area contributed by atoms with E-state index in [1.165, 1.54) is 0 Å². The first-order valence-corrected chi connectivity index (χ1v) is 8.53. The largest absolute Gasteiger partial charge is 0.478 e. The molecule has 2 aromatic rings. The molecule has 0 fully saturated rings. The van der Waals surface area contributed by atoms with Gasteiger partial charge in [0.2, 0.25) is 0 Å². The van der Waals surface area contributed by atoms with Gasteiger partial charge in [-0.05, 0) is 48.2 Å². The molecule has 1 atom stereocenters. The van der Waals surface area contributed by atoms with Gasteiger partial charge < -0.3 is 10.4 Å². The van der Waals surface area contributed by atoms with E-state index in [1.54, 1.807) is 12.4 Å². The minimum Gasteiger partial charge on any atom is -0.478 e. The zero-order valence-electron chi connectivity index (χ0n) is 14.1. The summed E-state index contributed by atoms with van der Waals surface area (Å²) in [4.78, 5) is 15.7. The molecule has 1 aromatic carbocycles. The fourth-order valence-corrected chi connectivity index (χ4v) is 3.28. The highest BCUT2D eigenvalue weighted by atomic mass is 16.4. The van der Waals surface area contributed by atoms with Crippen LogP contribution < -0.4 is 5.32 Å². The van der Waals surface area contributed by atoms with Crippen molar-refractivity contribution in [3.05, 3.63) is 83.2 Å². The Hall–Kier alpha value is -2.72. The summed E-state index contributed by atoms with van der Waals surface area (Å²) in [7, 11) is 0. The van der Waals surface area contributed by atoms with Crippen LogP contribution in [-0.2, 0) is 4.79 Å². The maximum atomic E-state index is 11.7. The van der Waals surface area contributed by atoms with Crippen LogP contribution in [0, 0.1) is 0 Å². The van der Waals surface area contributed by atoms with E-state index < -0.39 is 5.97 Å². The van der Waals surface area contributed by atoms with Crippen LogP contribution in [0.1, 0.15) is 29.9 Å². The second-order valence-corrected chi connectivity index (χ2v) is 6.12. The smallest absolute Gasteiger partial charge is 0.332 e. The molecule has 0 saturated heterocycles. The third kappa shape index (κ3) is 4.43. The number of pyridine rings is 1. The number of hydrogen-bond acceptors (Lipinski definition) is 3. The highest BCUT2D eigenvalue weighted by Crippen LogP contribution is 2.34. The Labute approximate surface area is 147 Å². The maximum Gasteiger partial charge on any atom is 0.332 e. The number of carboxylic acids is 1. The molecule has 2 heterocycles. The van der Waals surface area contributed by atoms with Gasteiger partial charge in [0.05, 0.1) is 5.57 Å². The van der Waals surface area contributed by atoms with Crippen LogP contribution in [-0.4, -0.2) is 29.1 Å². The fourth-order valence-electron chi connectivity index (χ4n) is 3.28. The number of carbonyl (C=O) groups is 1. The molecule has 128 valence electrons. The van der Waals surface area contributed by atoms with E-state index in [2.05, 4.69) is 34.6 Å². The Morgan fingerprint density at radius 3 is 2.68 bits per heavy atom. The monoisotopic (exact) mass is 334 g/mol. The first-order valence-electron chi connectivity index (χ1n) is 8.53. The third-order valence-electron chi connectivity index (χ3n) is 4.53. The van der Waals surface area contributed by atoms with Gasteiger partial charge in [-0.1, -0.05) is 42.5 Å². The summed E-state index contributed by atoms with van der Waals surface area (Å²) in [5.41, 5.74) is 3.81. The SMILES string of the molecule is O=C(O)C1=C(C(CC=Cc2ccncc2)c2ccccc2)CCNC1. The summed E-state index contributed by atoms with van der Waals surface area (Å²) in [5.74, 6) is -0.728. The lowest BCUT2D eigenvalue weighted by atomic mass is 9.82. The van der Waals surface area contributed by atoms with Crippen molar-refractivity contribution in [2.75, 3.05) is 13.1 Å². The quantitative estimate of drug-likeness (QED) is 0.846. The van der Waals surface area contributed by atoms with Crippen molar-refractivity contribution in [3.63, 3.8) is 0 Å². The van der Waals surface area contributed by atoms with Gasteiger partial charge in [-0.2, -0.15) is 0 Å². The molecule has 2 N–H and O–H groups in total. The number of rotatable bonds is 6. The van der Waals surface area contributed by atoms with Crippen molar-refractivity contribution < 1.29 is 9.90 Å². The topological polar surface area (TPSA) is 62.2 Å². The minimum absolute atomic E-state index is 0.0903. The second-order valence-electron chi connectivity index (χ2n) is 6.12. The summed E-state index contributed by atoms with van der Waals surface area (Å²) in [6.45, 7) is 1.26. The Morgan fingerprint density at radius 1 is 1.20 bits per heavy atom. The van der Waals surface area contributed by atoms with Crippen LogP contribution >= 0.6 is 0 Å². The Bertz CT molecular complexity index is 767. The van der Waals surface area contributed by atoms with Crippen molar-refractivity contribution in [1.29, 1.82) is 0 Å². The molecule has 3 rings (SSSR count). The molecule has 0 saturated carbocycles. The third-order valence-corrected chi connectivity index (χ3v) is 4.53. The molecule has 1 aliphatic heterocycles. The van der Waals surface area contributed by atoms with Gasteiger partial charge in [0.1, 0.15) is 0 Å². The van der Waals surface area contributed by atoms with Crippen LogP contribution in [0.4, 0.5) is 0 Å². The van der Waals surface area contributed by atoms with Gasteiger partial charge in [0, 0.05) is 24.9 Å². The van der Waals surface area contributed by atoms with Gasteiger partial charge in [0.15, 0.2) is 0 Å². The average Bonchev–Trinajstić information content (AvgIpc) is 2.67. The molecule has 1 unspecified atom stereocenters.